The fourth-order valence-electron chi connectivity index (χ4n) is 2.06. The Morgan fingerprint density at radius 1 is 1.35 bits per heavy atom. The van der Waals surface area contributed by atoms with Gasteiger partial charge in [0.15, 0.2) is 0 Å². The number of amides is 1. The zero-order chi connectivity index (χ0) is 12.1. The normalized spacial score (nSPS) is 22.8. The third kappa shape index (κ3) is 3.35. The highest BCUT2D eigenvalue weighted by molar-refractivity contribution is 5.80. The van der Waals surface area contributed by atoms with Crippen molar-refractivity contribution < 1.29 is 4.79 Å². The van der Waals surface area contributed by atoms with Crippen LogP contribution in [0, 0.1) is 17.8 Å². The van der Waals surface area contributed by atoms with E-state index in [2.05, 4.69) is 17.2 Å². The Balaban J connectivity index is 1.77. The van der Waals surface area contributed by atoms with E-state index < -0.39 is 0 Å². The molecule has 0 bridgehead atoms. The first-order valence-corrected chi connectivity index (χ1v) is 6.10. The lowest BCUT2D eigenvalue weighted by atomic mass is 10.0. The molecule has 1 aliphatic heterocycles. The van der Waals surface area contributed by atoms with Crippen molar-refractivity contribution >= 4 is 5.91 Å². The molecule has 1 fully saturated rings. The van der Waals surface area contributed by atoms with E-state index in [9.17, 15) is 4.79 Å². The van der Waals surface area contributed by atoms with Crippen LogP contribution in [0.5, 0.6) is 0 Å². The molecule has 2 rings (SSSR count). The summed E-state index contributed by atoms with van der Waals surface area (Å²) < 4.78 is 0. The Kier molecular flexibility index (Phi) is 3.82. The predicted octanol–water partition coefficient (Wildman–Crippen LogP) is 2.34. The maximum Gasteiger partial charge on any atom is 0.223 e. The lowest BCUT2D eigenvalue weighted by Crippen LogP contribution is -2.25. The Labute approximate surface area is 102 Å². The van der Waals surface area contributed by atoms with Crippen LogP contribution in [-0.4, -0.2) is 11.9 Å². The summed E-state index contributed by atoms with van der Waals surface area (Å²) in [6.07, 6.45) is 2.74. The Morgan fingerprint density at radius 2 is 2.12 bits per heavy atom. The summed E-state index contributed by atoms with van der Waals surface area (Å²) in [7, 11) is 0. The molecule has 1 N–H and O–H groups in total. The van der Waals surface area contributed by atoms with Gasteiger partial charge in [0.2, 0.25) is 5.91 Å². The Morgan fingerprint density at radius 3 is 2.76 bits per heavy atom. The van der Waals surface area contributed by atoms with Crippen LogP contribution in [0.3, 0.4) is 0 Å². The zero-order valence-electron chi connectivity index (χ0n) is 10.1. The van der Waals surface area contributed by atoms with Crippen LogP contribution < -0.4 is 5.32 Å². The number of carbonyl (C=O) groups excluding carboxylic acids is 1. The average Bonchev–Trinajstić information content (AvgIpc) is 2.66. The quantitative estimate of drug-likeness (QED) is 0.772. The molecule has 0 aliphatic carbocycles. The second kappa shape index (κ2) is 5.54. The summed E-state index contributed by atoms with van der Waals surface area (Å²) in [4.78, 5) is 11.3. The van der Waals surface area contributed by atoms with Crippen LogP contribution in [0.15, 0.2) is 30.3 Å². The third-order valence-corrected chi connectivity index (χ3v) is 3.06. The van der Waals surface area contributed by atoms with Crippen LogP contribution in [0.25, 0.3) is 0 Å². The molecule has 0 saturated carbocycles. The van der Waals surface area contributed by atoms with Crippen molar-refractivity contribution in [3.8, 4) is 11.8 Å². The van der Waals surface area contributed by atoms with Gasteiger partial charge in [0.1, 0.15) is 0 Å². The fourth-order valence-corrected chi connectivity index (χ4v) is 2.06. The summed E-state index contributed by atoms with van der Waals surface area (Å²) in [5.74, 6) is 6.64. The molecule has 2 nitrogen and oxygen atoms in total. The van der Waals surface area contributed by atoms with Crippen molar-refractivity contribution in [1.82, 2.24) is 5.32 Å². The van der Waals surface area contributed by atoms with Crippen molar-refractivity contribution in [1.29, 1.82) is 0 Å². The maximum atomic E-state index is 11.3. The van der Waals surface area contributed by atoms with Gasteiger partial charge in [0, 0.05) is 23.9 Å². The number of nitrogens with one attached hydrogen (secondary N) is 1. The molecule has 0 spiro atoms. The Hall–Kier alpha value is -1.75. The molecule has 1 amide bonds. The molecule has 0 aromatic heterocycles. The number of carbonyl (C=O) groups is 1. The van der Waals surface area contributed by atoms with E-state index in [1.807, 2.05) is 37.3 Å². The lowest BCUT2D eigenvalue weighted by molar-refractivity contribution is -0.122. The third-order valence-electron chi connectivity index (χ3n) is 3.06. The molecule has 2 atom stereocenters. The molecular weight excluding hydrogens is 210 g/mol. The fraction of sp³-hybridized carbons (Fsp3) is 0.400. The van der Waals surface area contributed by atoms with Crippen LogP contribution in [0.2, 0.25) is 0 Å². The van der Waals surface area contributed by atoms with Crippen molar-refractivity contribution in [3.05, 3.63) is 35.9 Å². The number of benzene rings is 1. The molecule has 1 aliphatic rings. The molecule has 17 heavy (non-hydrogen) atoms. The minimum atomic E-state index is 0.169. The van der Waals surface area contributed by atoms with Gasteiger partial charge in [0.25, 0.3) is 0 Å². The van der Waals surface area contributed by atoms with Gasteiger partial charge in [-0.1, -0.05) is 37.0 Å². The highest BCUT2D eigenvalue weighted by Crippen LogP contribution is 2.17. The van der Waals surface area contributed by atoms with E-state index in [1.54, 1.807) is 0 Å². The van der Waals surface area contributed by atoms with Crippen molar-refractivity contribution in [3.63, 3.8) is 0 Å². The van der Waals surface area contributed by atoms with Crippen molar-refractivity contribution in [2.45, 2.75) is 32.2 Å². The predicted molar refractivity (Wildman–Crippen MR) is 68.3 cm³/mol. The van der Waals surface area contributed by atoms with E-state index in [0.29, 0.717) is 6.04 Å². The molecule has 2 unspecified atom stereocenters. The number of rotatable bonds is 2. The van der Waals surface area contributed by atoms with E-state index in [1.165, 1.54) is 0 Å². The molecule has 88 valence electrons. The SMILES string of the molecule is CC1CC(CCC#Cc2ccccc2)NC1=O. The summed E-state index contributed by atoms with van der Waals surface area (Å²) in [6.45, 7) is 1.98. The van der Waals surface area contributed by atoms with E-state index >= 15 is 0 Å². The first kappa shape index (κ1) is 11.7. The first-order chi connectivity index (χ1) is 8.25. The second-order valence-electron chi connectivity index (χ2n) is 4.55. The number of hydrogen-bond donors (Lipinski definition) is 1. The minimum absolute atomic E-state index is 0.169. The van der Waals surface area contributed by atoms with Gasteiger partial charge < -0.3 is 5.32 Å². The van der Waals surface area contributed by atoms with Gasteiger partial charge in [-0.25, -0.2) is 0 Å². The minimum Gasteiger partial charge on any atom is -0.353 e. The molecule has 1 saturated heterocycles. The van der Waals surface area contributed by atoms with E-state index in [-0.39, 0.29) is 11.8 Å². The smallest absolute Gasteiger partial charge is 0.223 e. The molecule has 0 radical (unpaired) electrons. The van der Waals surface area contributed by atoms with Crippen molar-refractivity contribution in [2.75, 3.05) is 0 Å². The monoisotopic (exact) mass is 227 g/mol. The summed E-state index contributed by atoms with van der Waals surface area (Å²) in [5.41, 5.74) is 1.05. The maximum absolute atomic E-state index is 11.3. The number of hydrogen-bond acceptors (Lipinski definition) is 1. The van der Waals surface area contributed by atoms with E-state index in [0.717, 1.165) is 24.8 Å². The zero-order valence-corrected chi connectivity index (χ0v) is 10.1. The molecule has 1 aromatic rings. The highest BCUT2D eigenvalue weighted by atomic mass is 16.2. The van der Waals surface area contributed by atoms with Crippen LogP contribution >= 0.6 is 0 Å². The van der Waals surface area contributed by atoms with Crippen LogP contribution in [-0.2, 0) is 4.79 Å². The van der Waals surface area contributed by atoms with Gasteiger partial charge in [-0.05, 0) is 25.0 Å². The largest absolute Gasteiger partial charge is 0.353 e. The van der Waals surface area contributed by atoms with Crippen molar-refractivity contribution in [2.24, 2.45) is 5.92 Å². The molecule has 2 heteroatoms. The van der Waals surface area contributed by atoms with Gasteiger partial charge in [-0.2, -0.15) is 0 Å². The molecule has 1 aromatic carbocycles. The summed E-state index contributed by atoms with van der Waals surface area (Å²) >= 11 is 0. The Bertz CT molecular complexity index is 441. The highest BCUT2D eigenvalue weighted by Gasteiger charge is 2.27. The first-order valence-electron chi connectivity index (χ1n) is 6.10. The summed E-state index contributed by atoms with van der Waals surface area (Å²) in [6, 6.07) is 10.3. The molecule has 1 heterocycles. The topological polar surface area (TPSA) is 29.1 Å². The van der Waals surface area contributed by atoms with E-state index in [4.69, 9.17) is 0 Å². The molecular formula is C15H17NO. The van der Waals surface area contributed by atoms with Gasteiger partial charge in [-0.3, -0.25) is 4.79 Å². The summed E-state index contributed by atoms with van der Waals surface area (Å²) in [5, 5.41) is 3.00. The average molecular weight is 227 g/mol. The van der Waals surface area contributed by atoms with Gasteiger partial charge in [-0.15, -0.1) is 0 Å². The standard InChI is InChI=1S/C15H17NO/c1-12-11-14(16-15(12)17)10-6-5-9-13-7-3-2-4-8-13/h2-4,7-8,12,14H,6,10-11H2,1H3,(H,16,17). The van der Waals surface area contributed by atoms with Crippen LogP contribution in [0.1, 0.15) is 31.7 Å². The van der Waals surface area contributed by atoms with Gasteiger partial charge >= 0.3 is 0 Å². The van der Waals surface area contributed by atoms with Gasteiger partial charge in [0.05, 0.1) is 0 Å². The van der Waals surface area contributed by atoms with Crippen LogP contribution in [0.4, 0.5) is 0 Å². The second-order valence-corrected chi connectivity index (χ2v) is 4.55. The lowest BCUT2D eigenvalue weighted by Gasteiger charge is -2.05.